The van der Waals surface area contributed by atoms with Gasteiger partial charge in [-0.15, -0.1) is 0 Å². The van der Waals surface area contributed by atoms with Crippen LogP contribution in [0.3, 0.4) is 0 Å². The maximum absolute atomic E-state index is 5.53. The standard InChI is InChI=1S/C12H18N4/c1-7-4-8(2)11-9(5-7)6-10(11)15-16-12(13)14-3/h4,9H,5-6H2,1-3H3,(H3,13,14,16). The molecule has 2 aliphatic rings. The van der Waals surface area contributed by atoms with Crippen molar-refractivity contribution in [1.82, 2.24) is 5.43 Å². The van der Waals surface area contributed by atoms with Crippen LogP contribution in [0.25, 0.3) is 0 Å². The zero-order valence-electron chi connectivity index (χ0n) is 10.0. The summed E-state index contributed by atoms with van der Waals surface area (Å²) in [4.78, 5) is 3.80. The third-order valence-electron chi connectivity index (χ3n) is 3.16. The molecular formula is C12H18N4. The van der Waals surface area contributed by atoms with E-state index in [0.29, 0.717) is 11.9 Å². The SMILES string of the molecule is CN=C(N)NN=C1CC2CC(C)=CC(C)=C12. The lowest BCUT2D eigenvalue weighted by Crippen LogP contribution is -2.35. The van der Waals surface area contributed by atoms with E-state index >= 15 is 0 Å². The number of allylic oxidation sites excluding steroid dienone is 4. The van der Waals surface area contributed by atoms with Crippen molar-refractivity contribution in [3.63, 3.8) is 0 Å². The molecule has 0 amide bonds. The zero-order valence-corrected chi connectivity index (χ0v) is 10.0. The fourth-order valence-corrected chi connectivity index (χ4v) is 2.45. The number of guanidine groups is 1. The number of hydrazone groups is 1. The number of hydrogen-bond donors (Lipinski definition) is 2. The first kappa shape index (κ1) is 10.9. The number of aliphatic imine (C=N–C) groups is 1. The number of nitrogens with two attached hydrogens (primary N) is 1. The van der Waals surface area contributed by atoms with Crippen molar-refractivity contribution in [3.8, 4) is 0 Å². The van der Waals surface area contributed by atoms with Gasteiger partial charge in [0.15, 0.2) is 0 Å². The molecule has 0 aliphatic heterocycles. The van der Waals surface area contributed by atoms with E-state index in [9.17, 15) is 0 Å². The molecule has 4 nitrogen and oxygen atoms in total. The van der Waals surface area contributed by atoms with Gasteiger partial charge in [-0.1, -0.05) is 11.6 Å². The van der Waals surface area contributed by atoms with Crippen molar-refractivity contribution in [2.45, 2.75) is 26.7 Å². The smallest absolute Gasteiger partial charge is 0.209 e. The van der Waals surface area contributed by atoms with Crippen LogP contribution in [-0.2, 0) is 0 Å². The fraction of sp³-hybridized carbons (Fsp3) is 0.500. The lowest BCUT2D eigenvalue weighted by atomic mass is 9.69. The first-order chi connectivity index (χ1) is 7.61. The van der Waals surface area contributed by atoms with Gasteiger partial charge in [-0.25, -0.2) is 5.43 Å². The van der Waals surface area contributed by atoms with Gasteiger partial charge < -0.3 is 5.73 Å². The van der Waals surface area contributed by atoms with Crippen LogP contribution in [0.5, 0.6) is 0 Å². The molecule has 2 rings (SSSR count). The van der Waals surface area contributed by atoms with Crippen LogP contribution in [0.2, 0.25) is 0 Å². The van der Waals surface area contributed by atoms with Gasteiger partial charge in [-0.3, -0.25) is 4.99 Å². The summed E-state index contributed by atoms with van der Waals surface area (Å²) >= 11 is 0. The van der Waals surface area contributed by atoms with E-state index in [4.69, 9.17) is 5.73 Å². The van der Waals surface area contributed by atoms with Crippen LogP contribution in [0, 0.1) is 5.92 Å². The van der Waals surface area contributed by atoms with Crippen LogP contribution in [-0.4, -0.2) is 18.7 Å². The Morgan fingerprint density at radius 2 is 2.19 bits per heavy atom. The second-order valence-corrected chi connectivity index (χ2v) is 4.47. The summed E-state index contributed by atoms with van der Waals surface area (Å²) in [6.07, 6.45) is 4.46. The van der Waals surface area contributed by atoms with Crippen LogP contribution >= 0.6 is 0 Å². The van der Waals surface area contributed by atoms with E-state index < -0.39 is 0 Å². The van der Waals surface area contributed by atoms with Gasteiger partial charge in [0.2, 0.25) is 5.96 Å². The Hall–Kier alpha value is -1.58. The Balaban J connectivity index is 2.15. The van der Waals surface area contributed by atoms with E-state index in [1.807, 2.05) is 0 Å². The predicted octanol–water partition coefficient (Wildman–Crippen LogP) is 1.56. The normalized spacial score (nSPS) is 27.4. The Bertz CT molecular complexity index is 426. The highest BCUT2D eigenvalue weighted by Crippen LogP contribution is 2.41. The molecule has 1 fully saturated rings. The molecule has 0 aromatic rings. The molecular weight excluding hydrogens is 200 g/mol. The molecule has 0 bridgehead atoms. The van der Waals surface area contributed by atoms with Gasteiger partial charge in [-0.05, 0) is 43.8 Å². The Morgan fingerprint density at radius 3 is 2.81 bits per heavy atom. The highest BCUT2D eigenvalue weighted by atomic mass is 15.4. The summed E-state index contributed by atoms with van der Waals surface area (Å²) in [7, 11) is 1.64. The first-order valence-corrected chi connectivity index (χ1v) is 5.55. The summed E-state index contributed by atoms with van der Waals surface area (Å²) in [6.45, 7) is 4.34. The monoisotopic (exact) mass is 218 g/mol. The van der Waals surface area contributed by atoms with Crippen molar-refractivity contribution in [2.75, 3.05) is 7.05 Å². The van der Waals surface area contributed by atoms with Gasteiger partial charge in [0.05, 0.1) is 5.71 Å². The third-order valence-corrected chi connectivity index (χ3v) is 3.16. The Morgan fingerprint density at radius 1 is 1.44 bits per heavy atom. The molecule has 86 valence electrons. The molecule has 1 atom stereocenters. The summed E-state index contributed by atoms with van der Waals surface area (Å²) in [5.41, 5.74) is 13.6. The molecule has 4 heteroatoms. The van der Waals surface area contributed by atoms with Gasteiger partial charge in [0.25, 0.3) is 0 Å². The maximum atomic E-state index is 5.53. The van der Waals surface area contributed by atoms with Gasteiger partial charge in [-0.2, -0.15) is 5.10 Å². The number of nitrogens with zero attached hydrogens (tertiary/aromatic N) is 2. The van der Waals surface area contributed by atoms with Crippen molar-refractivity contribution in [3.05, 3.63) is 22.8 Å². The van der Waals surface area contributed by atoms with E-state index in [1.165, 1.54) is 23.1 Å². The quantitative estimate of drug-likeness (QED) is 0.398. The highest BCUT2D eigenvalue weighted by Gasteiger charge is 2.34. The Labute approximate surface area is 96.0 Å². The van der Waals surface area contributed by atoms with E-state index in [2.05, 4.69) is 35.4 Å². The minimum Gasteiger partial charge on any atom is -0.369 e. The second-order valence-electron chi connectivity index (χ2n) is 4.47. The molecule has 0 heterocycles. The summed E-state index contributed by atoms with van der Waals surface area (Å²) < 4.78 is 0. The maximum Gasteiger partial charge on any atom is 0.209 e. The Kier molecular flexibility index (Phi) is 2.81. The lowest BCUT2D eigenvalue weighted by Gasteiger charge is -2.36. The fourth-order valence-electron chi connectivity index (χ4n) is 2.45. The first-order valence-electron chi connectivity index (χ1n) is 5.55. The molecule has 1 saturated carbocycles. The molecule has 0 spiro atoms. The van der Waals surface area contributed by atoms with E-state index in [1.54, 1.807) is 7.05 Å². The van der Waals surface area contributed by atoms with Gasteiger partial charge >= 0.3 is 0 Å². The molecule has 3 N–H and O–H groups in total. The second kappa shape index (κ2) is 4.12. The lowest BCUT2D eigenvalue weighted by molar-refractivity contribution is 0.580. The summed E-state index contributed by atoms with van der Waals surface area (Å²) in [5, 5.41) is 4.28. The molecule has 0 aromatic heterocycles. The van der Waals surface area contributed by atoms with Crippen molar-refractivity contribution >= 4 is 11.7 Å². The molecule has 0 aromatic carbocycles. The average Bonchev–Trinajstić information content (AvgIpc) is 2.19. The molecule has 1 unspecified atom stereocenters. The number of rotatable bonds is 1. The summed E-state index contributed by atoms with van der Waals surface area (Å²) in [5.74, 6) is 1.03. The average molecular weight is 218 g/mol. The largest absolute Gasteiger partial charge is 0.369 e. The van der Waals surface area contributed by atoms with Crippen LogP contribution in [0.4, 0.5) is 0 Å². The van der Waals surface area contributed by atoms with Crippen molar-refractivity contribution in [2.24, 2.45) is 21.7 Å². The number of nitrogens with one attached hydrogen (secondary N) is 1. The van der Waals surface area contributed by atoms with E-state index in [-0.39, 0.29) is 0 Å². The minimum absolute atomic E-state index is 0.358. The zero-order chi connectivity index (χ0) is 11.7. The minimum atomic E-state index is 0.358. The molecule has 16 heavy (non-hydrogen) atoms. The number of hydrogen-bond acceptors (Lipinski definition) is 2. The van der Waals surface area contributed by atoms with Gasteiger partial charge in [0.1, 0.15) is 0 Å². The number of fused-ring (bicyclic) bond motifs is 1. The molecule has 2 aliphatic carbocycles. The van der Waals surface area contributed by atoms with Crippen LogP contribution < -0.4 is 11.2 Å². The third kappa shape index (κ3) is 1.87. The summed E-state index contributed by atoms with van der Waals surface area (Å²) in [6, 6.07) is 0. The predicted molar refractivity (Wildman–Crippen MR) is 67.3 cm³/mol. The van der Waals surface area contributed by atoms with Crippen molar-refractivity contribution in [1.29, 1.82) is 0 Å². The van der Waals surface area contributed by atoms with Crippen LogP contribution in [0.1, 0.15) is 26.7 Å². The topological polar surface area (TPSA) is 62.8 Å². The highest BCUT2D eigenvalue weighted by molar-refractivity contribution is 6.08. The molecule has 0 saturated heterocycles. The van der Waals surface area contributed by atoms with Gasteiger partial charge in [0, 0.05) is 7.05 Å². The van der Waals surface area contributed by atoms with E-state index in [0.717, 1.165) is 12.1 Å². The molecule has 0 radical (unpaired) electrons. The van der Waals surface area contributed by atoms with Crippen molar-refractivity contribution < 1.29 is 0 Å². The van der Waals surface area contributed by atoms with Crippen LogP contribution in [0.15, 0.2) is 32.9 Å².